The molecule has 2 aromatic rings. The van der Waals surface area contributed by atoms with Crippen molar-refractivity contribution >= 4 is 0 Å². The average Bonchev–Trinajstić information content (AvgIpc) is 3.16. The van der Waals surface area contributed by atoms with Crippen LogP contribution in [0.15, 0.2) is 43.0 Å². The van der Waals surface area contributed by atoms with Crippen LogP contribution in [0.3, 0.4) is 0 Å². The van der Waals surface area contributed by atoms with Crippen molar-refractivity contribution in [3.63, 3.8) is 0 Å². The first-order valence-corrected chi connectivity index (χ1v) is 8.84. The average molecular weight is 329 g/mol. The normalized spacial score (nSPS) is 17.8. The van der Waals surface area contributed by atoms with E-state index in [-0.39, 0.29) is 0 Å². The summed E-state index contributed by atoms with van der Waals surface area (Å²) < 4.78 is 7.89. The van der Waals surface area contributed by atoms with Crippen molar-refractivity contribution in [3.05, 3.63) is 48.5 Å². The number of ether oxygens (including phenoxy) is 1. The lowest BCUT2D eigenvalue weighted by Gasteiger charge is -2.33. The summed E-state index contributed by atoms with van der Waals surface area (Å²) in [6, 6.07) is 8.63. The third-order valence-electron chi connectivity index (χ3n) is 4.75. The van der Waals surface area contributed by atoms with Gasteiger partial charge in [0.1, 0.15) is 18.5 Å². The summed E-state index contributed by atoms with van der Waals surface area (Å²) in [5, 5.41) is 10.2. The standard InChI is InChI=1S/C19H27N3O2/c1-2-16-3-5-19(6-4-16)24-14-18(23)13-21-10-7-17(8-11-21)22-12-9-20-15-22/h3-6,9,12,15,17-18,23H,2,7-8,10-11,13-14H2,1H3. The number of piperidine rings is 1. The van der Waals surface area contributed by atoms with E-state index in [2.05, 4.69) is 33.5 Å². The molecule has 1 atom stereocenters. The highest BCUT2D eigenvalue weighted by Gasteiger charge is 2.21. The van der Waals surface area contributed by atoms with E-state index in [1.54, 1.807) is 0 Å². The second-order valence-corrected chi connectivity index (χ2v) is 6.50. The number of aryl methyl sites for hydroxylation is 1. The Morgan fingerprint density at radius 1 is 1.25 bits per heavy atom. The Bertz CT molecular complexity index is 590. The van der Waals surface area contributed by atoms with Crippen molar-refractivity contribution < 1.29 is 9.84 Å². The predicted octanol–water partition coefficient (Wildman–Crippen LogP) is 2.52. The number of nitrogens with zero attached hydrogens (tertiary/aromatic N) is 3. The summed E-state index contributed by atoms with van der Waals surface area (Å²) in [5.41, 5.74) is 1.30. The van der Waals surface area contributed by atoms with Crippen molar-refractivity contribution in [2.45, 2.75) is 38.3 Å². The van der Waals surface area contributed by atoms with Crippen molar-refractivity contribution in [2.24, 2.45) is 0 Å². The van der Waals surface area contributed by atoms with Gasteiger partial charge in [0.15, 0.2) is 0 Å². The minimum Gasteiger partial charge on any atom is -0.491 e. The molecule has 1 aliphatic heterocycles. The van der Waals surface area contributed by atoms with Crippen LogP contribution < -0.4 is 4.74 Å². The zero-order valence-corrected chi connectivity index (χ0v) is 14.3. The van der Waals surface area contributed by atoms with Crippen molar-refractivity contribution in [1.29, 1.82) is 0 Å². The van der Waals surface area contributed by atoms with Crippen LogP contribution in [0.4, 0.5) is 0 Å². The van der Waals surface area contributed by atoms with E-state index in [9.17, 15) is 5.11 Å². The summed E-state index contributed by atoms with van der Waals surface area (Å²) in [6.07, 6.45) is 8.53. The molecule has 0 bridgehead atoms. The monoisotopic (exact) mass is 329 g/mol. The lowest BCUT2D eigenvalue weighted by atomic mass is 10.0. The molecule has 2 heterocycles. The van der Waals surface area contributed by atoms with Gasteiger partial charge in [-0.25, -0.2) is 4.98 Å². The van der Waals surface area contributed by atoms with E-state index in [1.807, 2.05) is 30.9 Å². The van der Waals surface area contributed by atoms with E-state index in [0.29, 0.717) is 19.2 Å². The van der Waals surface area contributed by atoms with Gasteiger partial charge in [0.2, 0.25) is 0 Å². The van der Waals surface area contributed by atoms with Crippen molar-refractivity contribution in [3.8, 4) is 5.75 Å². The van der Waals surface area contributed by atoms with Crippen LogP contribution in [0, 0.1) is 0 Å². The summed E-state index contributed by atoms with van der Waals surface area (Å²) in [7, 11) is 0. The van der Waals surface area contributed by atoms with Crippen LogP contribution in [0.25, 0.3) is 0 Å². The summed E-state index contributed by atoms with van der Waals surface area (Å²) in [5.74, 6) is 0.824. The third kappa shape index (κ3) is 4.58. The Balaban J connectivity index is 1.38. The molecule has 1 aliphatic rings. The molecule has 0 amide bonds. The molecule has 24 heavy (non-hydrogen) atoms. The van der Waals surface area contributed by atoms with Crippen LogP contribution in [0.2, 0.25) is 0 Å². The molecule has 130 valence electrons. The Morgan fingerprint density at radius 3 is 2.62 bits per heavy atom. The molecule has 5 nitrogen and oxygen atoms in total. The van der Waals surface area contributed by atoms with Gasteiger partial charge in [-0.3, -0.25) is 0 Å². The van der Waals surface area contributed by atoms with Crippen LogP contribution >= 0.6 is 0 Å². The number of imidazole rings is 1. The molecule has 0 spiro atoms. The largest absolute Gasteiger partial charge is 0.491 e. The van der Waals surface area contributed by atoms with Gasteiger partial charge in [0.05, 0.1) is 6.33 Å². The molecule has 1 N–H and O–H groups in total. The third-order valence-corrected chi connectivity index (χ3v) is 4.75. The number of hydrogen-bond acceptors (Lipinski definition) is 4. The zero-order valence-electron chi connectivity index (χ0n) is 14.3. The fourth-order valence-corrected chi connectivity index (χ4v) is 3.25. The van der Waals surface area contributed by atoms with Gasteiger partial charge in [-0.15, -0.1) is 0 Å². The fourth-order valence-electron chi connectivity index (χ4n) is 3.25. The van der Waals surface area contributed by atoms with E-state index >= 15 is 0 Å². The number of rotatable bonds is 7. The van der Waals surface area contributed by atoms with Crippen LogP contribution in [0.5, 0.6) is 5.75 Å². The molecule has 0 aliphatic carbocycles. The van der Waals surface area contributed by atoms with Gasteiger partial charge in [0.25, 0.3) is 0 Å². The van der Waals surface area contributed by atoms with Gasteiger partial charge in [-0.2, -0.15) is 0 Å². The molecule has 0 saturated carbocycles. The molecule has 1 aromatic carbocycles. The molecule has 1 fully saturated rings. The summed E-state index contributed by atoms with van der Waals surface area (Å²) in [6.45, 7) is 5.16. The minimum atomic E-state index is -0.458. The summed E-state index contributed by atoms with van der Waals surface area (Å²) >= 11 is 0. The van der Waals surface area contributed by atoms with Gasteiger partial charge in [0, 0.05) is 38.1 Å². The molecular weight excluding hydrogens is 302 g/mol. The first-order valence-electron chi connectivity index (χ1n) is 8.84. The van der Waals surface area contributed by atoms with Gasteiger partial charge >= 0.3 is 0 Å². The second-order valence-electron chi connectivity index (χ2n) is 6.50. The van der Waals surface area contributed by atoms with E-state index in [1.165, 1.54) is 5.56 Å². The van der Waals surface area contributed by atoms with E-state index < -0.39 is 6.10 Å². The SMILES string of the molecule is CCc1ccc(OCC(O)CN2CCC(n3ccnc3)CC2)cc1. The molecule has 5 heteroatoms. The number of aliphatic hydroxyl groups is 1. The number of likely N-dealkylation sites (tertiary alicyclic amines) is 1. The Kier molecular flexibility index (Phi) is 5.88. The quantitative estimate of drug-likeness (QED) is 0.848. The van der Waals surface area contributed by atoms with Crippen LogP contribution in [-0.2, 0) is 6.42 Å². The zero-order chi connectivity index (χ0) is 16.8. The van der Waals surface area contributed by atoms with Crippen molar-refractivity contribution in [2.75, 3.05) is 26.2 Å². The second kappa shape index (κ2) is 8.31. The molecule has 1 saturated heterocycles. The first kappa shape index (κ1) is 17.0. The minimum absolute atomic E-state index is 0.340. The number of aliphatic hydroxyl groups excluding tert-OH is 1. The van der Waals surface area contributed by atoms with E-state index in [0.717, 1.165) is 38.1 Å². The smallest absolute Gasteiger partial charge is 0.119 e. The topological polar surface area (TPSA) is 50.5 Å². The molecule has 3 rings (SSSR count). The van der Waals surface area contributed by atoms with Crippen LogP contribution in [0.1, 0.15) is 31.4 Å². The molecule has 1 unspecified atom stereocenters. The van der Waals surface area contributed by atoms with Gasteiger partial charge in [-0.05, 0) is 37.0 Å². The molecular formula is C19H27N3O2. The Labute approximate surface area is 143 Å². The molecule has 1 aromatic heterocycles. The highest BCUT2D eigenvalue weighted by atomic mass is 16.5. The Hall–Kier alpha value is -1.85. The highest BCUT2D eigenvalue weighted by molar-refractivity contribution is 5.27. The summed E-state index contributed by atoms with van der Waals surface area (Å²) in [4.78, 5) is 6.44. The predicted molar refractivity (Wildman–Crippen MR) is 94.3 cm³/mol. The maximum atomic E-state index is 10.2. The van der Waals surface area contributed by atoms with Crippen molar-refractivity contribution in [1.82, 2.24) is 14.5 Å². The maximum Gasteiger partial charge on any atom is 0.119 e. The number of aromatic nitrogens is 2. The molecule has 0 radical (unpaired) electrons. The van der Waals surface area contributed by atoms with Gasteiger partial charge in [-0.1, -0.05) is 19.1 Å². The number of benzene rings is 1. The first-order chi connectivity index (χ1) is 11.7. The number of hydrogen-bond donors (Lipinski definition) is 1. The number of β-amino-alcohol motifs (C(OH)–C–C–N with tert-alkyl or cyclic N) is 1. The maximum absolute atomic E-state index is 10.2. The Morgan fingerprint density at radius 2 is 2.00 bits per heavy atom. The van der Waals surface area contributed by atoms with Crippen LogP contribution in [-0.4, -0.2) is 51.9 Å². The highest BCUT2D eigenvalue weighted by Crippen LogP contribution is 2.22. The lowest BCUT2D eigenvalue weighted by molar-refractivity contribution is 0.0558. The lowest BCUT2D eigenvalue weighted by Crippen LogP contribution is -2.41. The van der Waals surface area contributed by atoms with E-state index in [4.69, 9.17) is 4.74 Å². The van der Waals surface area contributed by atoms with Gasteiger partial charge < -0.3 is 19.3 Å². The fraction of sp³-hybridized carbons (Fsp3) is 0.526.